The van der Waals surface area contributed by atoms with Crippen LogP contribution in [0.3, 0.4) is 0 Å². The fourth-order valence-corrected chi connectivity index (χ4v) is 4.32. The molecule has 0 aliphatic carbocycles. The Morgan fingerprint density at radius 2 is 2.19 bits per heavy atom. The van der Waals surface area contributed by atoms with Crippen LogP contribution in [0.1, 0.15) is 32.3 Å². The molecule has 0 radical (unpaired) electrons. The minimum absolute atomic E-state index is 0.0800. The number of nitrogens with two attached hydrogens (primary N) is 1. The van der Waals surface area contributed by atoms with Crippen LogP contribution in [-0.2, 0) is 21.3 Å². The first-order chi connectivity index (χ1) is 9.73. The molecular weight excluding hydrogens is 312 g/mol. The SMILES string of the molecule is CC1(C)CC(NS(=O)(=O)c2cc(CN)ccc2Cl)CCO1. The van der Waals surface area contributed by atoms with Crippen LogP contribution in [0.15, 0.2) is 23.1 Å². The summed E-state index contributed by atoms with van der Waals surface area (Å²) in [6.45, 7) is 4.71. The van der Waals surface area contributed by atoms with E-state index in [0.29, 0.717) is 19.4 Å². The lowest BCUT2D eigenvalue weighted by Crippen LogP contribution is -2.45. The molecule has 1 aliphatic rings. The van der Waals surface area contributed by atoms with Gasteiger partial charge in [-0.15, -0.1) is 0 Å². The second-order valence-corrected chi connectivity index (χ2v) is 7.98. The van der Waals surface area contributed by atoms with E-state index in [2.05, 4.69) is 4.72 Å². The molecule has 1 saturated heterocycles. The van der Waals surface area contributed by atoms with Crippen molar-refractivity contribution in [2.75, 3.05) is 6.61 Å². The number of hydrogen-bond donors (Lipinski definition) is 2. The van der Waals surface area contributed by atoms with Crippen LogP contribution in [-0.4, -0.2) is 26.7 Å². The van der Waals surface area contributed by atoms with E-state index < -0.39 is 10.0 Å². The number of sulfonamides is 1. The summed E-state index contributed by atoms with van der Waals surface area (Å²) in [5.74, 6) is 0. The molecule has 1 fully saturated rings. The van der Waals surface area contributed by atoms with Crippen LogP contribution >= 0.6 is 11.6 Å². The highest BCUT2D eigenvalue weighted by Gasteiger charge is 2.32. The van der Waals surface area contributed by atoms with Crippen molar-refractivity contribution >= 4 is 21.6 Å². The van der Waals surface area contributed by atoms with Gasteiger partial charge in [0, 0.05) is 19.2 Å². The largest absolute Gasteiger partial charge is 0.375 e. The lowest BCUT2D eigenvalue weighted by Gasteiger charge is -2.35. The van der Waals surface area contributed by atoms with Crippen LogP contribution in [0.5, 0.6) is 0 Å². The van der Waals surface area contributed by atoms with Crippen LogP contribution < -0.4 is 10.5 Å². The van der Waals surface area contributed by atoms with Gasteiger partial charge in [-0.05, 0) is 44.4 Å². The molecule has 0 bridgehead atoms. The van der Waals surface area contributed by atoms with Crippen molar-refractivity contribution in [2.45, 2.75) is 49.8 Å². The minimum atomic E-state index is -3.67. The summed E-state index contributed by atoms with van der Waals surface area (Å²) < 4.78 is 33.4. The summed E-state index contributed by atoms with van der Waals surface area (Å²) in [4.78, 5) is 0.0800. The van der Waals surface area contributed by atoms with Crippen LogP contribution in [0.25, 0.3) is 0 Å². The van der Waals surface area contributed by atoms with E-state index in [9.17, 15) is 8.42 Å². The van der Waals surface area contributed by atoms with Gasteiger partial charge >= 0.3 is 0 Å². The van der Waals surface area contributed by atoms with Crippen molar-refractivity contribution in [3.05, 3.63) is 28.8 Å². The molecule has 5 nitrogen and oxygen atoms in total. The van der Waals surface area contributed by atoms with Crippen molar-refractivity contribution in [1.29, 1.82) is 0 Å². The second-order valence-electron chi connectivity index (χ2n) is 5.89. The van der Waals surface area contributed by atoms with E-state index in [1.807, 2.05) is 13.8 Å². The van der Waals surface area contributed by atoms with Crippen molar-refractivity contribution in [1.82, 2.24) is 4.72 Å². The quantitative estimate of drug-likeness (QED) is 0.884. The zero-order valence-electron chi connectivity index (χ0n) is 12.2. The van der Waals surface area contributed by atoms with E-state index in [1.54, 1.807) is 12.1 Å². The maximum absolute atomic E-state index is 12.5. The fraction of sp³-hybridized carbons (Fsp3) is 0.571. The van der Waals surface area contributed by atoms with E-state index in [-0.39, 0.29) is 28.1 Å². The van der Waals surface area contributed by atoms with Gasteiger partial charge in [-0.3, -0.25) is 0 Å². The Labute approximate surface area is 130 Å². The molecule has 0 aromatic heterocycles. The first-order valence-corrected chi connectivity index (χ1v) is 8.74. The van der Waals surface area contributed by atoms with Gasteiger partial charge in [-0.2, -0.15) is 0 Å². The van der Waals surface area contributed by atoms with Gasteiger partial charge in [-0.1, -0.05) is 17.7 Å². The summed E-state index contributed by atoms with van der Waals surface area (Å²) in [5, 5.41) is 0.200. The predicted octanol–water partition coefficient (Wildman–Crippen LogP) is 2.03. The Bertz CT molecular complexity index is 617. The van der Waals surface area contributed by atoms with E-state index in [4.69, 9.17) is 22.1 Å². The van der Waals surface area contributed by atoms with E-state index in [1.165, 1.54) is 6.07 Å². The maximum atomic E-state index is 12.5. The lowest BCUT2D eigenvalue weighted by atomic mass is 9.95. The van der Waals surface area contributed by atoms with E-state index in [0.717, 1.165) is 5.56 Å². The summed E-state index contributed by atoms with van der Waals surface area (Å²) in [6, 6.07) is 4.65. The Kier molecular flexibility index (Phi) is 4.95. The Hall–Kier alpha value is -0.660. The maximum Gasteiger partial charge on any atom is 0.242 e. The second kappa shape index (κ2) is 6.22. The van der Waals surface area contributed by atoms with Crippen molar-refractivity contribution in [3.8, 4) is 0 Å². The first-order valence-electron chi connectivity index (χ1n) is 6.88. The molecule has 1 atom stereocenters. The van der Waals surface area contributed by atoms with Gasteiger partial charge in [0.05, 0.1) is 10.6 Å². The van der Waals surface area contributed by atoms with Crippen LogP contribution in [0, 0.1) is 0 Å². The standard InChI is InChI=1S/C14H21ClN2O3S/c1-14(2)8-11(5-6-20-14)17-21(18,19)13-7-10(9-16)3-4-12(13)15/h3-4,7,11,17H,5-6,8-9,16H2,1-2H3. The van der Waals surface area contributed by atoms with E-state index >= 15 is 0 Å². The number of rotatable bonds is 4. The fourth-order valence-electron chi connectivity index (χ4n) is 2.50. The summed E-state index contributed by atoms with van der Waals surface area (Å²) in [7, 11) is -3.67. The van der Waals surface area contributed by atoms with Gasteiger partial charge in [0.1, 0.15) is 4.90 Å². The lowest BCUT2D eigenvalue weighted by molar-refractivity contribution is -0.0599. The third-order valence-corrected chi connectivity index (χ3v) is 5.54. The number of hydrogen-bond acceptors (Lipinski definition) is 4. The number of benzene rings is 1. The Balaban J connectivity index is 2.22. The van der Waals surface area contributed by atoms with Crippen LogP contribution in [0.4, 0.5) is 0 Å². The predicted molar refractivity (Wildman–Crippen MR) is 82.7 cm³/mol. The molecular formula is C14H21ClN2O3S. The van der Waals surface area contributed by atoms with Crippen molar-refractivity contribution < 1.29 is 13.2 Å². The highest BCUT2D eigenvalue weighted by molar-refractivity contribution is 7.89. The summed E-state index contributed by atoms with van der Waals surface area (Å²) in [6.07, 6.45) is 1.28. The molecule has 118 valence electrons. The number of ether oxygens (including phenoxy) is 1. The van der Waals surface area contributed by atoms with Gasteiger partial charge < -0.3 is 10.5 Å². The normalized spacial score (nSPS) is 22.2. The summed E-state index contributed by atoms with van der Waals surface area (Å²) in [5.41, 5.74) is 5.96. The topological polar surface area (TPSA) is 81.4 Å². The Morgan fingerprint density at radius 3 is 2.81 bits per heavy atom. The molecule has 2 rings (SSSR count). The monoisotopic (exact) mass is 332 g/mol. The molecule has 21 heavy (non-hydrogen) atoms. The molecule has 3 N–H and O–H groups in total. The average molecular weight is 333 g/mol. The van der Waals surface area contributed by atoms with Crippen molar-refractivity contribution in [2.24, 2.45) is 5.73 Å². The van der Waals surface area contributed by atoms with Gasteiger partial charge in [0.15, 0.2) is 0 Å². The smallest absolute Gasteiger partial charge is 0.242 e. The summed E-state index contributed by atoms with van der Waals surface area (Å²) >= 11 is 6.03. The van der Waals surface area contributed by atoms with Gasteiger partial charge in [-0.25, -0.2) is 13.1 Å². The third kappa shape index (κ3) is 4.17. The highest BCUT2D eigenvalue weighted by atomic mass is 35.5. The average Bonchev–Trinajstić information content (AvgIpc) is 2.37. The molecule has 0 spiro atoms. The highest BCUT2D eigenvalue weighted by Crippen LogP contribution is 2.27. The number of halogens is 1. The zero-order chi connectivity index (χ0) is 15.7. The van der Waals surface area contributed by atoms with Crippen LogP contribution in [0.2, 0.25) is 5.02 Å². The molecule has 0 saturated carbocycles. The molecule has 0 amide bonds. The third-order valence-electron chi connectivity index (χ3n) is 3.54. The zero-order valence-corrected chi connectivity index (χ0v) is 13.8. The first kappa shape index (κ1) is 16.7. The molecule has 1 aromatic rings. The molecule has 1 heterocycles. The molecule has 1 aliphatic heterocycles. The van der Waals surface area contributed by atoms with Gasteiger partial charge in [0.2, 0.25) is 10.0 Å². The van der Waals surface area contributed by atoms with Gasteiger partial charge in [0.25, 0.3) is 0 Å². The minimum Gasteiger partial charge on any atom is -0.375 e. The van der Waals surface area contributed by atoms with Crippen molar-refractivity contribution in [3.63, 3.8) is 0 Å². The number of nitrogens with one attached hydrogen (secondary N) is 1. The molecule has 7 heteroatoms. The molecule has 1 unspecified atom stereocenters. The molecule has 1 aromatic carbocycles. The Morgan fingerprint density at radius 1 is 1.48 bits per heavy atom.